The van der Waals surface area contributed by atoms with Gasteiger partial charge in [0.1, 0.15) is 5.75 Å². The van der Waals surface area contributed by atoms with E-state index in [0.717, 1.165) is 5.69 Å². The molecule has 2 rings (SSSR count). The molecular weight excluding hydrogens is 330 g/mol. The number of methoxy groups -OCH3 is 1. The summed E-state index contributed by atoms with van der Waals surface area (Å²) in [5.41, 5.74) is 7.93. The standard InChI is InChI=1S/C20H23N3O3/c1-14(13-19(24)15-7-11-18(26-4)12-8-15)21-22-20(25)16-5-9-17(10-6-16)23(2)3/h5-13,21H,1-4H3,(H,22,25)/b14-13-. The zero-order valence-electron chi connectivity index (χ0n) is 15.4. The maximum absolute atomic E-state index is 12.2. The molecule has 6 heteroatoms. The molecule has 2 aromatic carbocycles. The van der Waals surface area contributed by atoms with E-state index in [4.69, 9.17) is 4.74 Å². The third-order valence-electron chi connectivity index (χ3n) is 3.74. The Morgan fingerprint density at radius 3 is 2.04 bits per heavy atom. The minimum Gasteiger partial charge on any atom is -0.497 e. The molecule has 136 valence electrons. The van der Waals surface area contributed by atoms with Crippen molar-refractivity contribution in [2.45, 2.75) is 6.92 Å². The minimum atomic E-state index is -0.278. The number of hydrogen-bond donors (Lipinski definition) is 2. The smallest absolute Gasteiger partial charge is 0.269 e. The molecule has 0 saturated carbocycles. The number of nitrogens with zero attached hydrogens (tertiary/aromatic N) is 1. The number of anilines is 1. The lowest BCUT2D eigenvalue weighted by molar-refractivity contribution is 0.0936. The van der Waals surface area contributed by atoms with Gasteiger partial charge in [-0.3, -0.25) is 15.0 Å². The van der Waals surface area contributed by atoms with E-state index in [1.807, 2.05) is 31.1 Å². The van der Waals surface area contributed by atoms with Crippen molar-refractivity contribution in [2.75, 3.05) is 26.1 Å². The SMILES string of the molecule is COc1ccc(C(=O)/C=C(/C)NNC(=O)c2ccc(N(C)C)cc2)cc1. The summed E-state index contributed by atoms with van der Waals surface area (Å²) in [5, 5.41) is 0. The monoisotopic (exact) mass is 353 g/mol. The van der Waals surface area contributed by atoms with E-state index in [0.29, 0.717) is 22.6 Å². The lowest BCUT2D eigenvalue weighted by Crippen LogP contribution is -2.36. The van der Waals surface area contributed by atoms with Crippen molar-refractivity contribution in [1.82, 2.24) is 10.9 Å². The fourth-order valence-electron chi connectivity index (χ4n) is 2.21. The predicted molar refractivity (Wildman–Crippen MR) is 102 cm³/mol. The summed E-state index contributed by atoms with van der Waals surface area (Å²) in [4.78, 5) is 26.3. The molecule has 6 nitrogen and oxygen atoms in total. The van der Waals surface area contributed by atoms with E-state index in [1.165, 1.54) is 6.08 Å². The third kappa shape index (κ3) is 5.11. The molecule has 0 saturated heterocycles. The molecule has 0 atom stereocenters. The molecule has 0 aromatic heterocycles. The third-order valence-corrected chi connectivity index (χ3v) is 3.74. The molecule has 0 fully saturated rings. The highest BCUT2D eigenvalue weighted by atomic mass is 16.5. The second-order valence-corrected chi connectivity index (χ2v) is 5.94. The molecule has 0 heterocycles. The van der Waals surface area contributed by atoms with Gasteiger partial charge in [0.25, 0.3) is 5.91 Å². The topological polar surface area (TPSA) is 70.7 Å². The Morgan fingerprint density at radius 1 is 0.923 bits per heavy atom. The van der Waals surface area contributed by atoms with Crippen molar-refractivity contribution in [2.24, 2.45) is 0 Å². The second-order valence-electron chi connectivity index (χ2n) is 5.94. The molecule has 2 aromatic rings. The van der Waals surface area contributed by atoms with Gasteiger partial charge in [0.15, 0.2) is 5.78 Å². The molecule has 0 spiro atoms. The zero-order chi connectivity index (χ0) is 19.1. The van der Waals surface area contributed by atoms with E-state index in [1.54, 1.807) is 50.4 Å². The number of carbonyl (C=O) groups excluding carboxylic acids is 2. The van der Waals surface area contributed by atoms with Gasteiger partial charge in [-0.25, -0.2) is 0 Å². The Morgan fingerprint density at radius 2 is 1.50 bits per heavy atom. The van der Waals surface area contributed by atoms with Gasteiger partial charge in [-0.1, -0.05) is 0 Å². The maximum Gasteiger partial charge on any atom is 0.269 e. The first-order valence-electron chi connectivity index (χ1n) is 8.11. The molecule has 0 aliphatic heterocycles. The summed E-state index contributed by atoms with van der Waals surface area (Å²) in [5.74, 6) is 0.245. The molecule has 0 aliphatic rings. The average Bonchev–Trinajstić information content (AvgIpc) is 2.66. The van der Waals surface area contributed by atoms with Crippen LogP contribution in [0.5, 0.6) is 5.75 Å². The Kier molecular flexibility index (Phi) is 6.38. The van der Waals surface area contributed by atoms with E-state index in [9.17, 15) is 9.59 Å². The molecule has 26 heavy (non-hydrogen) atoms. The van der Waals surface area contributed by atoms with E-state index < -0.39 is 0 Å². The van der Waals surface area contributed by atoms with Crippen molar-refractivity contribution in [3.8, 4) is 5.75 Å². The van der Waals surface area contributed by atoms with E-state index >= 15 is 0 Å². The molecular formula is C20H23N3O3. The number of hydrogen-bond acceptors (Lipinski definition) is 5. The van der Waals surface area contributed by atoms with Gasteiger partial charge in [-0.15, -0.1) is 0 Å². The van der Waals surface area contributed by atoms with Crippen LogP contribution >= 0.6 is 0 Å². The normalized spacial score (nSPS) is 10.8. The highest BCUT2D eigenvalue weighted by Gasteiger charge is 2.07. The summed E-state index contributed by atoms with van der Waals surface area (Å²) < 4.78 is 5.07. The van der Waals surface area contributed by atoms with Crippen molar-refractivity contribution >= 4 is 17.4 Å². The number of ketones is 1. The first-order valence-corrected chi connectivity index (χ1v) is 8.11. The van der Waals surface area contributed by atoms with Gasteiger partial charge in [0, 0.05) is 42.7 Å². The number of benzene rings is 2. The van der Waals surface area contributed by atoms with Crippen LogP contribution in [0.1, 0.15) is 27.6 Å². The van der Waals surface area contributed by atoms with Crippen LogP contribution in [0.4, 0.5) is 5.69 Å². The van der Waals surface area contributed by atoms with Gasteiger partial charge >= 0.3 is 0 Å². The lowest BCUT2D eigenvalue weighted by Gasteiger charge is -2.13. The summed E-state index contributed by atoms with van der Waals surface area (Å²) in [6, 6.07) is 14.1. The largest absolute Gasteiger partial charge is 0.497 e. The Bertz CT molecular complexity index is 794. The van der Waals surface area contributed by atoms with Crippen molar-refractivity contribution in [3.05, 3.63) is 71.4 Å². The van der Waals surface area contributed by atoms with Crippen LogP contribution in [0.3, 0.4) is 0 Å². The quantitative estimate of drug-likeness (QED) is 0.455. The molecule has 0 aliphatic carbocycles. The number of hydrazine groups is 1. The van der Waals surface area contributed by atoms with Gasteiger partial charge in [-0.2, -0.15) is 0 Å². The molecule has 0 bridgehead atoms. The fourth-order valence-corrected chi connectivity index (χ4v) is 2.21. The van der Waals surface area contributed by atoms with Crippen LogP contribution in [0.15, 0.2) is 60.3 Å². The number of allylic oxidation sites excluding steroid dienone is 2. The summed E-state index contributed by atoms with van der Waals surface area (Å²) in [6.07, 6.45) is 1.43. The van der Waals surface area contributed by atoms with Crippen LogP contribution in [0.25, 0.3) is 0 Å². The van der Waals surface area contributed by atoms with Crippen LogP contribution in [0.2, 0.25) is 0 Å². The van der Waals surface area contributed by atoms with Crippen LogP contribution < -0.4 is 20.5 Å². The minimum absolute atomic E-state index is 0.165. The maximum atomic E-state index is 12.2. The van der Waals surface area contributed by atoms with E-state index in [2.05, 4.69) is 10.9 Å². The highest BCUT2D eigenvalue weighted by Crippen LogP contribution is 2.13. The van der Waals surface area contributed by atoms with Gasteiger partial charge in [-0.05, 0) is 55.5 Å². The zero-order valence-corrected chi connectivity index (χ0v) is 15.4. The average molecular weight is 353 g/mol. The van der Waals surface area contributed by atoms with Crippen LogP contribution in [-0.2, 0) is 0 Å². The molecule has 0 radical (unpaired) electrons. The highest BCUT2D eigenvalue weighted by molar-refractivity contribution is 6.05. The van der Waals surface area contributed by atoms with Gasteiger partial charge < -0.3 is 15.1 Å². The first-order chi connectivity index (χ1) is 12.4. The van der Waals surface area contributed by atoms with Gasteiger partial charge in [0.2, 0.25) is 0 Å². The first kappa shape index (κ1) is 19.1. The van der Waals surface area contributed by atoms with E-state index in [-0.39, 0.29) is 11.7 Å². The Hall–Kier alpha value is -3.28. The fraction of sp³-hybridized carbons (Fsp3) is 0.200. The predicted octanol–water partition coefficient (Wildman–Crippen LogP) is 2.78. The lowest BCUT2D eigenvalue weighted by atomic mass is 10.1. The Labute approximate surface area is 153 Å². The number of carbonyl (C=O) groups is 2. The summed E-state index contributed by atoms with van der Waals surface area (Å²) in [6.45, 7) is 1.71. The van der Waals surface area contributed by atoms with Gasteiger partial charge in [0.05, 0.1) is 7.11 Å². The second kappa shape index (κ2) is 8.71. The number of nitrogens with one attached hydrogen (secondary N) is 2. The van der Waals surface area contributed by atoms with Crippen LogP contribution in [-0.4, -0.2) is 32.9 Å². The Balaban J connectivity index is 1.93. The molecule has 2 N–H and O–H groups in total. The van der Waals surface area contributed by atoms with Crippen molar-refractivity contribution < 1.29 is 14.3 Å². The van der Waals surface area contributed by atoms with Crippen molar-refractivity contribution in [1.29, 1.82) is 0 Å². The number of amides is 1. The summed E-state index contributed by atoms with van der Waals surface area (Å²) >= 11 is 0. The molecule has 0 unspecified atom stereocenters. The van der Waals surface area contributed by atoms with Crippen molar-refractivity contribution in [3.63, 3.8) is 0 Å². The number of ether oxygens (including phenoxy) is 1. The number of rotatable bonds is 7. The molecule has 1 amide bonds. The van der Waals surface area contributed by atoms with Crippen LogP contribution in [0, 0.1) is 0 Å². The summed E-state index contributed by atoms with van der Waals surface area (Å²) in [7, 11) is 5.44.